The van der Waals surface area contributed by atoms with E-state index in [-0.39, 0.29) is 6.61 Å². The van der Waals surface area contributed by atoms with Gasteiger partial charge in [0, 0.05) is 11.6 Å². The lowest BCUT2D eigenvalue weighted by Gasteiger charge is -2.07. The van der Waals surface area contributed by atoms with Crippen molar-refractivity contribution in [1.29, 1.82) is 0 Å². The Morgan fingerprint density at radius 3 is 2.19 bits per heavy atom. The van der Waals surface area contributed by atoms with Crippen molar-refractivity contribution in [2.24, 2.45) is 0 Å². The Balaban J connectivity index is 1.95. The molecule has 2 rings (SSSR count). The first-order valence-electron chi connectivity index (χ1n) is 8.01. The Morgan fingerprint density at radius 1 is 1.00 bits per heavy atom. The zero-order chi connectivity index (χ0) is 18.9. The maximum absolute atomic E-state index is 12.0. The first-order valence-corrected chi connectivity index (χ1v) is 8.01. The minimum Gasteiger partial charge on any atom is -0.502 e. The summed E-state index contributed by atoms with van der Waals surface area (Å²) in [5, 5.41) is 9.51. The summed E-state index contributed by atoms with van der Waals surface area (Å²) in [6.07, 6.45) is 0.839. The second kappa shape index (κ2) is 9.27. The fourth-order valence-corrected chi connectivity index (χ4v) is 2.08. The molecule has 1 N–H and O–H groups in total. The van der Waals surface area contributed by atoms with Crippen LogP contribution in [0.15, 0.2) is 60.4 Å². The van der Waals surface area contributed by atoms with E-state index in [2.05, 4.69) is 4.74 Å². The number of benzene rings is 2. The predicted octanol–water partition coefficient (Wildman–Crippen LogP) is 3.46. The quantitative estimate of drug-likeness (QED) is 0.338. The highest BCUT2D eigenvalue weighted by atomic mass is 16.5. The lowest BCUT2D eigenvalue weighted by Crippen LogP contribution is -2.09. The van der Waals surface area contributed by atoms with E-state index >= 15 is 0 Å². The summed E-state index contributed by atoms with van der Waals surface area (Å²) < 4.78 is 15.4. The topological polar surface area (TPSA) is 82.1 Å². The average Bonchev–Trinajstić information content (AvgIpc) is 2.67. The van der Waals surface area contributed by atoms with E-state index in [0.29, 0.717) is 17.9 Å². The van der Waals surface area contributed by atoms with Crippen molar-refractivity contribution in [1.82, 2.24) is 0 Å². The molecule has 0 aromatic heterocycles. The van der Waals surface area contributed by atoms with Gasteiger partial charge < -0.3 is 19.3 Å². The van der Waals surface area contributed by atoms with Crippen LogP contribution in [0, 0.1) is 0 Å². The van der Waals surface area contributed by atoms with Gasteiger partial charge in [-0.3, -0.25) is 4.79 Å². The molecule has 0 bridgehead atoms. The fraction of sp³-hybridized carbons (Fsp3) is 0.200. The van der Waals surface area contributed by atoms with E-state index in [9.17, 15) is 14.7 Å². The molecule has 2 aromatic rings. The lowest BCUT2D eigenvalue weighted by atomic mass is 10.1. The van der Waals surface area contributed by atoms with Crippen molar-refractivity contribution in [3.63, 3.8) is 0 Å². The zero-order valence-electron chi connectivity index (χ0n) is 14.6. The first kappa shape index (κ1) is 19.1. The van der Waals surface area contributed by atoms with Gasteiger partial charge in [0.25, 0.3) is 0 Å². The van der Waals surface area contributed by atoms with Gasteiger partial charge in [0.2, 0.25) is 5.76 Å². The number of hydrogen-bond donors (Lipinski definition) is 1. The average molecular weight is 356 g/mol. The van der Waals surface area contributed by atoms with Crippen LogP contribution < -0.4 is 9.47 Å². The van der Waals surface area contributed by atoms with Crippen molar-refractivity contribution < 1.29 is 28.9 Å². The number of aliphatic hydroxyl groups is 1. The number of rotatable bonds is 8. The van der Waals surface area contributed by atoms with Crippen LogP contribution in [-0.2, 0) is 16.1 Å². The number of aliphatic hydroxyl groups excluding tert-OH is 1. The Labute approximate surface area is 151 Å². The molecule has 0 amide bonds. The number of hydrogen-bond acceptors (Lipinski definition) is 6. The van der Waals surface area contributed by atoms with Gasteiger partial charge >= 0.3 is 5.97 Å². The third-order valence-electron chi connectivity index (χ3n) is 3.46. The number of allylic oxidation sites excluding steroid dienone is 1. The normalized spacial score (nSPS) is 10.9. The highest BCUT2D eigenvalue weighted by Crippen LogP contribution is 2.17. The van der Waals surface area contributed by atoms with Crippen molar-refractivity contribution in [3.05, 3.63) is 71.5 Å². The SMILES string of the molecule is CCOC(=O)/C(O)=C/C(=O)c1ccc(OCc2ccc(OC)cc2)cc1. The van der Waals surface area contributed by atoms with Crippen LogP contribution in [0.3, 0.4) is 0 Å². The fourth-order valence-electron chi connectivity index (χ4n) is 2.08. The van der Waals surface area contributed by atoms with E-state index in [0.717, 1.165) is 17.4 Å². The van der Waals surface area contributed by atoms with Crippen molar-refractivity contribution in [3.8, 4) is 11.5 Å². The Kier molecular flexibility index (Phi) is 6.79. The molecule has 0 radical (unpaired) electrons. The van der Waals surface area contributed by atoms with Crippen LogP contribution in [-0.4, -0.2) is 30.6 Å². The molecule has 6 heteroatoms. The molecular weight excluding hydrogens is 336 g/mol. The van der Waals surface area contributed by atoms with E-state index in [1.165, 1.54) is 0 Å². The van der Waals surface area contributed by atoms with Gasteiger partial charge in [-0.25, -0.2) is 4.79 Å². The number of carbonyl (C=O) groups is 2. The van der Waals surface area contributed by atoms with Crippen LogP contribution in [0.1, 0.15) is 22.8 Å². The summed E-state index contributed by atoms with van der Waals surface area (Å²) in [6.45, 7) is 2.10. The smallest absolute Gasteiger partial charge is 0.373 e. The summed E-state index contributed by atoms with van der Waals surface area (Å²) in [5.74, 6) is -0.791. The second-order valence-corrected chi connectivity index (χ2v) is 5.28. The summed E-state index contributed by atoms with van der Waals surface area (Å²) in [7, 11) is 1.61. The number of esters is 1. The first-order chi connectivity index (χ1) is 12.5. The maximum atomic E-state index is 12.0. The van der Waals surface area contributed by atoms with Crippen LogP contribution in [0.2, 0.25) is 0 Å². The molecule has 0 aliphatic rings. The third kappa shape index (κ3) is 5.37. The van der Waals surface area contributed by atoms with Crippen LogP contribution >= 0.6 is 0 Å². The summed E-state index contributed by atoms with van der Waals surface area (Å²) >= 11 is 0. The molecule has 2 aromatic carbocycles. The van der Waals surface area contributed by atoms with E-state index in [4.69, 9.17) is 9.47 Å². The Hall–Kier alpha value is -3.28. The molecule has 0 saturated heterocycles. The summed E-state index contributed by atoms with van der Waals surface area (Å²) in [6, 6.07) is 13.9. The van der Waals surface area contributed by atoms with Crippen LogP contribution in [0.25, 0.3) is 0 Å². The third-order valence-corrected chi connectivity index (χ3v) is 3.46. The maximum Gasteiger partial charge on any atom is 0.373 e. The van der Waals surface area contributed by atoms with Gasteiger partial charge in [-0.1, -0.05) is 12.1 Å². The molecule has 0 aliphatic carbocycles. The molecule has 136 valence electrons. The Bertz CT molecular complexity index is 775. The molecule has 0 heterocycles. The summed E-state index contributed by atoms with van der Waals surface area (Å²) in [4.78, 5) is 23.3. The lowest BCUT2D eigenvalue weighted by molar-refractivity contribution is -0.141. The monoisotopic (exact) mass is 356 g/mol. The molecular formula is C20H20O6. The van der Waals surface area contributed by atoms with E-state index in [1.54, 1.807) is 38.3 Å². The molecule has 0 atom stereocenters. The molecule has 26 heavy (non-hydrogen) atoms. The van der Waals surface area contributed by atoms with Gasteiger partial charge in [0.15, 0.2) is 5.78 Å². The molecule has 0 fully saturated rings. The number of ketones is 1. The molecule has 0 spiro atoms. The zero-order valence-corrected chi connectivity index (χ0v) is 14.6. The number of methoxy groups -OCH3 is 1. The number of carbonyl (C=O) groups excluding carboxylic acids is 2. The van der Waals surface area contributed by atoms with E-state index < -0.39 is 17.5 Å². The van der Waals surface area contributed by atoms with Crippen LogP contribution in [0.4, 0.5) is 0 Å². The van der Waals surface area contributed by atoms with Crippen molar-refractivity contribution >= 4 is 11.8 Å². The van der Waals surface area contributed by atoms with Gasteiger partial charge in [-0.2, -0.15) is 0 Å². The number of ether oxygens (including phenoxy) is 3. The molecule has 0 aliphatic heterocycles. The van der Waals surface area contributed by atoms with E-state index in [1.807, 2.05) is 24.3 Å². The van der Waals surface area contributed by atoms with Gasteiger partial charge in [0.1, 0.15) is 18.1 Å². The largest absolute Gasteiger partial charge is 0.502 e. The van der Waals surface area contributed by atoms with Gasteiger partial charge in [-0.05, 0) is 48.9 Å². The highest BCUT2D eigenvalue weighted by Gasteiger charge is 2.12. The highest BCUT2D eigenvalue weighted by molar-refractivity contribution is 6.07. The molecule has 0 unspecified atom stereocenters. The van der Waals surface area contributed by atoms with Gasteiger partial charge in [0.05, 0.1) is 13.7 Å². The standard InChI is InChI=1S/C20H20O6/c1-3-25-20(23)19(22)12-18(21)15-6-10-17(11-7-15)26-13-14-4-8-16(24-2)9-5-14/h4-12,22H,3,13H2,1-2H3/b19-12-. The van der Waals surface area contributed by atoms with Gasteiger partial charge in [-0.15, -0.1) is 0 Å². The van der Waals surface area contributed by atoms with Crippen molar-refractivity contribution in [2.45, 2.75) is 13.5 Å². The van der Waals surface area contributed by atoms with Crippen molar-refractivity contribution in [2.75, 3.05) is 13.7 Å². The minimum absolute atomic E-state index is 0.116. The molecule has 0 saturated carbocycles. The predicted molar refractivity (Wildman–Crippen MR) is 95.4 cm³/mol. The summed E-state index contributed by atoms with van der Waals surface area (Å²) in [5.41, 5.74) is 1.30. The molecule has 6 nitrogen and oxygen atoms in total. The second-order valence-electron chi connectivity index (χ2n) is 5.28. The van der Waals surface area contributed by atoms with Crippen LogP contribution in [0.5, 0.6) is 11.5 Å². The minimum atomic E-state index is -0.930. The Morgan fingerprint density at radius 2 is 1.62 bits per heavy atom.